The summed E-state index contributed by atoms with van der Waals surface area (Å²) in [7, 11) is 0. The van der Waals surface area contributed by atoms with Crippen LogP contribution in [0.25, 0.3) is 0 Å². The number of rotatable bonds is 6. The third-order valence-electron chi connectivity index (χ3n) is 4.09. The smallest absolute Gasteiger partial charge is 0.248 e. The molecule has 1 heterocycles. The first-order chi connectivity index (χ1) is 11.3. The van der Waals surface area contributed by atoms with E-state index in [1.807, 2.05) is 30.8 Å². The van der Waals surface area contributed by atoms with Gasteiger partial charge in [0.15, 0.2) is 5.17 Å². The van der Waals surface area contributed by atoms with E-state index in [0.717, 1.165) is 28.7 Å². The summed E-state index contributed by atoms with van der Waals surface area (Å²) in [5, 5.41) is 1.10. The lowest BCUT2D eigenvalue weighted by molar-refractivity contribution is 0.1000. The summed E-state index contributed by atoms with van der Waals surface area (Å²) in [6.07, 6.45) is 1.19. The number of carbonyl (C=O) groups excluding carboxylic acids is 1. The van der Waals surface area contributed by atoms with Crippen molar-refractivity contribution in [2.45, 2.75) is 47.1 Å². The number of benzene rings is 1. The van der Waals surface area contributed by atoms with Crippen LogP contribution >= 0.6 is 11.8 Å². The number of nitrogens with two attached hydrogens (primary N) is 1. The summed E-state index contributed by atoms with van der Waals surface area (Å²) >= 11 is 1.84. The van der Waals surface area contributed by atoms with E-state index in [-0.39, 0.29) is 0 Å². The van der Waals surface area contributed by atoms with Gasteiger partial charge in [-0.3, -0.25) is 4.79 Å². The summed E-state index contributed by atoms with van der Waals surface area (Å²) in [5.41, 5.74) is 7.79. The molecule has 1 fully saturated rings. The van der Waals surface area contributed by atoms with Crippen molar-refractivity contribution in [3.8, 4) is 0 Å². The molecule has 1 aliphatic rings. The van der Waals surface area contributed by atoms with Crippen molar-refractivity contribution >= 4 is 28.5 Å². The van der Waals surface area contributed by atoms with Crippen molar-refractivity contribution in [1.29, 1.82) is 0 Å². The van der Waals surface area contributed by atoms with Crippen LogP contribution in [-0.2, 0) is 0 Å². The zero-order valence-electron chi connectivity index (χ0n) is 15.4. The predicted octanol–water partition coefficient (Wildman–Crippen LogP) is 4.20. The lowest BCUT2D eigenvalue weighted by Crippen LogP contribution is -2.37. The monoisotopic (exact) mass is 347 g/mol. The number of amides is 1. The maximum absolute atomic E-state index is 11.3. The molecule has 0 saturated carbocycles. The van der Waals surface area contributed by atoms with Gasteiger partial charge in [-0.2, -0.15) is 0 Å². The number of hydrogen-bond donors (Lipinski definition) is 1. The third-order valence-corrected chi connectivity index (χ3v) is 5.23. The normalized spacial score (nSPS) is 19.7. The van der Waals surface area contributed by atoms with Crippen LogP contribution in [0.15, 0.2) is 23.2 Å². The van der Waals surface area contributed by atoms with E-state index in [4.69, 9.17) is 10.7 Å². The first-order valence-electron chi connectivity index (χ1n) is 8.66. The van der Waals surface area contributed by atoms with Gasteiger partial charge in [-0.05, 0) is 48.9 Å². The van der Waals surface area contributed by atoms with Gasteiger partial charge < -0.3 is 10.6 Å². The maximum atomic E-state index is 11.3. The molecule has 1 atom stereocenters. The van der Waals surface area contributed by atoms with Gasteiger partial charge in [0.05, 0.1) is 5.69 Å². The fraction of sp³-hybridized carbons (Fsp3) is 0.579. The zero-order chi connectivity index (χ0) is 17.9. The van der Waals surface area contributed by atoms with Gasteiger partial charge >= 0.3 is 0 Å². The van der Waals surface area contributed by atoms with Crippen LogP contribution in [0.2, 0.25) is 0 Å². The predicted molar refractivity (Wildman–Crippen MR) is 104 cm³/mol. The summed E-state index contributed by atoms with van der Waals surface area (Å²) in [6, 6.07) is 6.03. The fourth-order valence-electron chi connectivity index (χ4n) is 2.99. The number of aliphatic imine (C=N–C) groups is 1. The molecule has 2 N–H and O–H groups in total. The van der Waals surface area contributed by atoms with E-state index in [1.54, 1.807) is 6.07 Å². The highest BCUT2D eigenvalue weighted by atomic mass is 32.2. The van der Waals surface area contributed by atoms with Crippen LogP contribution in [0, 0.1) is 18.8 Å². The second kappa shape index (κ2) is 8.06. The molecule has 1 aliphatic heterocycles. The van der Waals surface area contributed by atoms with Crippen molar-refractivity contribution in [1.82, 2.24) is 4.90 Å². The van der Waals surface area contributed by atoms with E-state index >= 15 is 0 Å². The number of carbonyl (C=O) groups is 1. The zero-order valence-corrected chi connectivity index (χ0v) is 16.2. The topological polar surface area (TPSA) is 58.7 Å². The lowest BCUT2D eigenvalue weighted by Gasteiger charge is -2.29. The highest BCUT2D eigenvalue weighted by Crippen LogP contribution is 2.32. The molecule has 0 radical (unpaired) electrons. The Balaban J connectivity index is 2.28. The Kier molecular flexibility index (Phi) is 6.33. The Bertz CT molecular complexity index is 625. The Morgan fingerprint density at radius 1 is 1.33 bits per heavy atom. The summed E-state index contributed by atoms with van der Waals surface area (Å²) in [6.45, 7) is 12.1. The number of thioether (sulfide) groups is 1. The lowest BCUT2D eigenvalue weighted by atomic mass is 10.0. The number of nitrogens with zero attached hydrogens (tertiary/aromatic N) is 2. The fourth-order valence-corrected chi connectivity index (χ4v) is 4.20. The minimum atomic E-state index is -0.397. The van der Waals surface area contributed by atoms with Gasteiger partial charge in [0.2, 0.25) is 5.91 Å². The molecule has 1 aromatic rings. The van der Waals surface area contributed by atoms with E-state index in [2.05, 4.69) is 32.6 Å². The molecule has 1 aromatic carbocycles. The average molecular weight is 348 g/mol. The first kappa shape index (κ1) is 18.8. The Labute approximate surface area is 149 Å². The Morgan fingerprint density at radius 3 is 2.58 bits per heavy atom. The van der Waals surface area contributed by atoms with Crippen molar-refractivity contribution < 1.29 is 4.79 Å². The van der Waals surface area contributed by atoms with Gasteiger partial charge in [-0.15, -0.1) is 0 Å². The minimum Gasteiger partial charge on any atom is -0.366 e. The largest absolute Gasteiger partial charge is 0.366 e. The van der Waals surface area contributed by atoms with Crippen LogP contribution in [0.3, 0.4) is 0 Å². The molecule has 5 heteroatoms. The van der Waals surface area contributed by atoms with Gasteiger partial charge in [-0.1, -0.05) is 39.5 Å². The molecular weight excluding hydrogens is 318 g/mol. The third kappa shape index (κ3) is 4.76. The Morgan fingerprint density at radius 2 is 2.04 bits per heavy atom. The van der Waals surface area contributed by atoms with Crippen molar-refractivity contribution in [2.24, 2.45) is 22.6 Å². The number of amidine groups is 1. The highest BCUT2D eigenvalue weighted by Gasteiger charge is 2.31. The molecule has 0 spiro atoms. The van der Waals surface area contributed by atoms with Crippen LogP contribution in [-0.4, -0.2) is 34.3 Å². The molecule has 1 amide bonds. The van der Waals surface area contributed by atoms with Crippen LogP contribution in [0.4, 0.5) is 5.69 Å². The van der Waals surface area contributed by atoms with Gasteiger partial charge in [0, 0.05) is 23.9 Å². The van der Waals surface area contributed by atoms with Crippen LogP contribution < -0.4 is 5.73 Å². The van der Waals surface area contributed by atoms with E-state index in [9.17, 15) is 4.79 Å². The van der Waals surface area contributed by atoms with Gasteiger partial charge in [0.25, 0.3) is 0 Å². The molecule has 4 nitrogen and oxygen atoms in total. The van der Waals surface area contributed by atoms with E-state index in [1.165, 1.54) is 6.42 Å². The minimum absolute atomic E-state index is 0.397. The van der Waals surface area contributed by atoms with E-state index in [0.29, 0.717) is 23.4 Å². The second-order valence-electron chi connectivity index (χ2n) is 7.40. The average Bonchev–Trinajstić information content (AvgIpc) is 2.82. The van der Waals surface area contributed by atoms with Crippen molar-refractivity contribution in [3.63, 3.8) is 0 Å². The van der Waals surface area contributed by atoms with E-state index < -0.39 is 5.91 Å². The summed E-state index contributed by atoms with van der Waals surface area (Å²) < 4.78 is 0. The first-order valence-corrected chi connectivity index (χ1v) is 9.65. The maximum Gasteiger partial charge on any atom is 0.248 e. The molecule has 0 aromatic heterocycles. The summed E-state index contributed by atoms with van der Waals surface area (Å²) in [5.74, 6) is 1.98. The van der Waals surface area contributed by atoms with Crippen LogP contribution in [0.5, 0.6) is 0 Å². The Hall–Kier alpha value is -1.49. The van der Waals surface area contributed by atoms with Crippen molar-refractivity contribution in [3.05, 3.63) is 29.3 Å². The number of hydrogen-bond acceptors (Lipinski definition) is 3. The number of primary amides is 1. The molecule has 0 bridgehead atoms. The molecule has 2 rings (SSSR count). The molecule has 24 heavy (non-hydrogen) atoms. The standard InChI is InChI=1S/C19H29N3OS/c1-12(2)8-16-11-24-19(22(16)10-13(3)4)21-17-7-6-15(18(20)23)9-14(17)5/h6-7,9,12-13,16H,8,10-11H2,1-5H3,(H2,20,23)/t16-/m0/s1. The van der Waals surface area contributed by atoms with Gasteiger partial charge in [0.1, 0.15) is 0 Å². The quantitative estimate of drug-likeness (QED) is 0.839. The second-order valence-corrected chi connectivity index (χ2v) is 8.39. The number of aryl methyl sites for hydroxylation is 1. The van der Waals surface area contributed by atoms with Gasteiger partial charge in [-0.25, -0.2) is 4.99 Å². The molecule has 132 valence electrons. The molecular formula is C19H29N3OS. The molecule has 0 unspecified atom stereocenters. The molecule has 0 aliphatic carbocycles. The summed E-state index contributed by atoms with van der Waals surface area (Å²) in [4.78, 5) is 18.7. The highest BCUT2D eigenvalue weighted by molar-refractivity contribution is 8.14. The SMILES string of the molecule is Cc1cc(C(N)=O)ccc1N=C1SC[C@H](CC(C)C)N1CC(C)C. The molecule has 1 saturated heterocycles. The van der Waals surface area contributed by atoms with Crippen LogP contribution in [0.1, 0.15) is 50.0 Å². The van der Waals surface area contributed by atoms with Crippen molar-refractivity contribution in [2.75, 3.05) is 12.3 Å².